The zero-order valence-electron chi connectivity index (χ0n) is 17.5. The third-order valence-corrected chi connectivity index (χ3v) is 4.26. The number of benzene rings is 1. The molecule has 158 valence electrons. The average molecular weight is 409 g/mol. The molecule has 8 heteroatoms. The Kier molecular flexibility index (Phi) is 7.26. The molecule has 8 nitrogen and oxygen atoms in total. The molecule has 1 aromatic carbocycles. The smallest absolute Gasteiger partial charge is 0.248 e. The van der Waals surface area contributed by atoms with E-state index in [0.717, 1.165) is 23.4 Å². The third kappa shape index (κ3) is 5.73. The number of rotatable bonds is 10. The minimum absolute atomic E-state index is 0.224. The van der Waals surface area contributed by atoms with Gasteiger partial charge in [0.1, 0.15) is 0 Å². The van der Waals surface area contributed by atoms with E-state index in [9.17, 15) is 4.79 Å². The monoisotopic (exact) mass is 409 g/mol. The lowest BCUT2D eigenvalue weighted by molar-refractivity contribution is -0.111. The molecule has 2 heterocycles. The maximum atomic E-state index is 12.2. The highest BCUT2D eigenvalue weighted by Crippen LogP contribution is 2.28. The van der Waals surface area contributed by atoms with Crippen LogP contribution in [0.1, 0.15) is 31.9 Å². The molecule has 0 unspecified atom stereocenters. The van der Waals surface area contributed by atoms with Gasteiger partial charge in [-0.15, -0.1) is 0 Å². The summed E-state index contributed by atoms with van der Waals surface area (Å²) in [7, 11) is 0. The third-order valence-electron chi connectivity index (χ3n) is 4.26. The van der Waals surface area contributed by atoms with E-state index in [4.69, 9.17) is 9.47 Å². The van der Waals surface area contributed by atoms with Crippen LogP contribution >= 0.6 is 0 Å². The number of ether oxygens (including phenoxy) is 2. The van der Waals surface area contributed by atoms with Crippen molar-refractivity contribution >= 4 is 17.7 Å². The van der Waals surface area contributed by atoms with Crippen LogP contribution in [0.2, 0.25) is 0 Å². The van der Waals surface area contributed by atoms with Crippen LogP contribution in [0, 0.1) is 0 Å². The van der Waals surface area contributed by atoms with E-state index < -0.39 is 0 Å². The van der Waals surface area contributed by atoms with Crippen molar-refractivity contribution < 1.29 is 14.3 Å². The Morgan fingerprint density at radius 3 is 2.53 bits per heavy atom. The Labute approximate surface area is 176 Å². The Morgan fingerprint density at radius 1 is 1.03 bits per heavy atom. The lowest BCUT2D eigenvalue weighted by atomic mass is 10.2. The average Bonchev–Trinajstić information content (AvgIpc) is 3.38. The van der Waals surface area contributed by atoms with Gasteiger partial charge in [-0.25, -0.2) is 0 Å². The van der Waals surface area contributed by atoms with Gasteiger partial charge in [-0.1, -0.05) is 6.07 Å². The molecule has 2 aromatic heterocycles. The van der Waals surface area contributed by atoms with Gasteiger partial charge in [0, 0.05) is 30.6 Å². The first-order valence-electron chi connectivity index (χ1n) is 10.0. The Morgan fingerprint density at radius 2 is 1.80 bits per heavy atom. The van der Waals surface area contributed by atoms with Crippen LogP contribution in [0.25, 0.3) is 6.08 Å². The Hall–Kier alpha value is -3.55. The summed E-state index contributed by atoms with van der Waals surface area (Å²) in [4.78, 5) is 12.2. The lowest BCUT2D eigenvalue weighted by Gasteiger charge is -2.12. The minimum atomic E-state index is -0.224. The van der Waals surface area contributed by atoms with Crippen molar-refractivity contribution in [2.45, 2.75) is 33.9 Å². The van der Waals surface area contributed by atoms with Gasteiger partial charge in [0.15, 0.2) is 11.5 Å². The van der Waals surface area contributed by atoms with Crippen molar-refractivity contribution in [3.05, 3.63) is 60.2 Å². The fraction of sp³-hybridized carbons (Fsp3) is 0.318. The summed E-state index contributed by atoms with van der Waals surface area (Å²) in [6.45, 7) is 8.38. The quantitative estimate of drug-likeness (QED) is 0.517. The number of anilines is 1. The SMILES string of the molecule is CCOc1ccc(Cn2cc(NC(=O)/C=C/c3cnn(CC)c3)cn2)cc1OCC. The van der Waals surface area contributed by atoms with Gasteiger partial charge < -0.3 is 14.8 Å². The highest BCUT2D eigenvalue weighted by atomic mass is 16.5. The van der Waals surface area contributed by atoms with Gasteiger partial charge >= 0.3 is 0 Å². The standard InChI is InChI=1S/C22H27N5O3/c1-4-26-15-18(12-23-26)8-10-22(28)25-19-13-24-27(16-19)14-17-7-9-20(29-5-2)21(11-17)30-6-3/h7-13,15-16H,4-6,14H2,1-3H3,(H,25,28)/b10-8+. The Bertz CT molecular complexity index is 1010. The predicted octanol–water partition coefficient (Wildman–Crippen LogP) is 3.60. The highest BCUT2D eigenvalue weighted by Gasteiger charge is 2.08. The van der Waals surface area contributed by atoms with E-state index >= 15 is 0 Å². The van der Waals surface area contributed by atoms with Crippen LogP contribution in [0.4, 0.5) is 5.69 Å². The number of aryl methyl sites for hydroxylation is 1. The zero-order chi connectivity index (χ0) is 21.3. The zero-order valence-corrected chi connectivity index (χ0v) is 17.5. The van der Waals surface area contributed by atoms with E-state index in [1.807, 2.05) is 45.2 Å². The fourth-order valence-electron chi connectivity index (χ4n) is 2.89. The first kappa shape index (κ1) is 21.2. The van der Waals surface area contributed by atoms with Crippen LogP contribution in [-0.2, 0) is 17.9 Å². The predicted molar refractivity (Wildman–Crippen MR) is 116 cm³/mol. The number of amides is 1. The van der Waals surface area contributed by atoms with Crippen LogP contribution in [-0.4, -0.2) is 38.7 Å². The van der Waals surface area contributed by atoms with Gasteiger partial charge in [-0.2, -0.15) is 10.2 Å². The topological polar surface area (TPSA) is 83.2 Å². The number of carbonyl (C=O) groups excluding carboxylic acids is 1. The summed E-state index contributed by atoms with van der Waals surface area (Å²) in [5, 5.41) is 11.3. The molecule has 0 aliphatic carbocycles. The second kappa shape index (κ2) is 10.3. The second-order valence-electron chi connectivity index (χ2n) is 6.53. The normalized spacial score (nSPS) is 11.0. The minimum Gasteiger partial charge on any atom is -0.490 e. The number of nitrogens with one attached hydrogen (secondary N) is 1. The molecule has 0 radical (unpaired) electrons. The molecule has 1 N–H and O–H groups in total. The van der Waals surface area contributed by atoms with E-state index in [1.165, 1.54) is 6.08 Å². The van der Waals surface area contributed by atoms with Gasteiger partial charge in [-0.3, -0.25) is 14.2 Å². The number of aromatic nitrogens is 4. The molecule has 0 bridgehead atoms. The molecular formula is C22H27N5O3. The molecule has 0 aliphatic rings. The highest BCUT2D eigenvalue weighted by molar-refractivity contribution is 6.01. The first-order chi connectivity index (χ1) is 14.6. The van der Waals surface area contributed by atoms with Crippen LogP contribution in [0.15, 0.2) is 49.1 Å². The van der Waals surface area contributed by atoms with Crippen molar-refractivity contribution in [1.29, 1.82) is 0 Å². The van der Waals surface area contributed by atoms with Crippen molar-refractivity contribution in [3.63, 3.8) is 0 Å². The van der Waals surface area contributed by atoms with Crippen molar-refractivity contribution in [1.82, 2.24) is 19.6 Å². The molecule has 0 saturated carbocycles. The summed E-state index contributed by atoms with van der Waals surface area (Å²) in [6, 6.07) is 5.84. The number of carbonyl (C=O) groups is 1. The van der Waals surface area contributed by atoms with E-state index in [-0.39, 0.29) is 5.91 Å². The molecule has 30 heavy (non-hydrogen) atoms. The Balaban J connectivity index is 1.60. The van der Waals surface area contributed by atoms with Gasteiger partial charge in [0.2, 0.25) is 5.91 Å². The van der Waals surface area contributed by atoms with E-state index in [2.05, 4.69) is 15.5 Å². The molecule has 0 aliphatic heterocycles. The maximum absolute atomic E-state index is 12.2. The molecule has 0 saturated heterocycles. The molecule has 0 spiro atoms. The first-order valence-corrected chi connectivity index (χ1v) is 10.0. The van der Waals surface area contributed by atoms with Crippen molar-refractivity contribution in [2.24, 2.45) is 0 Å². The van der Waals surface area contributed by atoms with Crippen LogP contribution < -0.4 is 14.8 Å². The van der Waals surface area contributed by atoms with E-state index in [1.54, 1.807) is 34.0 Å². The lowest BCUT2D eigenvalue weighted by Crippen LogP contribution is -2.07. The summed E-state index contributed by atoms with van der Waals surface area (Å²) in [5.41, 5.74) is 2.53. The molecule has 0 atom stereocenters. The number of nitrogens with zero attached hydrogens (tertiary/aromatic N) is 4. The number of hydrogen-bond acceptors (Lipinski definition) is 5. The molecule has 3 rings (SSSR count). The second-order valence-corrected chi connectivity index (χ2v) is 6.53. The number of hydrogen-bond donors (Lipinski definition) is 1. The van der Waals surface area contributed by atoms with Crippen LogP contribution in [0.3, 0.4) is 0 Å². The van der Waals surface area contributed by atoms with Gasteiger partial charge in [0.25, 0.3) is 0 Å². The van der Waals surface area contributed by atoms with Crippen molar-refractivity contribution in [2.75, 3.05) is 18.5 Å². The summed E-state index contributed by atoms with van der Waals surface area (Å²) in [6.07, 6.45) is 10.2. The maximum Gasteiger partial charge on any atom is 0.248 e. The molecule has 3 aromatic rings. The summed E-state index contributed by atoms with van der Waals surface area (Å²) in [5.74, 6) is 1.22. The van der Waals surface area contributed by atoms with Crippen molar-refractivity contribution in [3.8, 4) is 11.5 Å². The van der Waals surface area contributed by atoms with Gasteiger partial charge in [-0.05, 0) is 44.5 Å². The summed E-state index contributed by atoms with van der Waals surface area (Å²) < 4.78 is 14.8. The van der Waals surface area contributed by atoms with E-state index in [0.29, 0.717) is 31.2 Å². The largest absolute Gasteiger partial charge is 0.490 e. The van der Waals surface area contributed by atoms with Gasteiger partial charge in [0.05, 0.1) is 37.8 Å². The molecule has 1 amide bonds. The summed E-state index contributed by atoms with van der Waals surface area (Å²) >= 11 is 0. The van der Waals surface area contributed by atoms with Crippen LogP contribution in [0.5, 0.6) is 11.5 Å². The molecule has 0 fully saturated rings. The fourth-order valence-corrected chi connectivity index (χ4v) is 2.89. The molecular weight excluding hydrogens is 382 g/mol.